The van der Waals surface area contributed by atoms with Gasteiger partial charge in [-0.3, -0.25) is 0 Å². The lowest BCUT2D eigenvalue weighted by atomic mass is 10.3. The molecule has 15 heavy (non-hydrogen) atoms. The molecule has 0 saturated carbocycles. The molecule has 2 aromatic rings. The summed E-state index contributed by atoms with van der Waals surface area (Å²) in [7, 11) is 0. The summed E-state index contributed by atoms with van der Waals surface area (Å²) < 4.78 is 1.52. The second-order valence-electron chi connectivity index (χ2n) is 3.12. The maximum absolute atomic E-state index is 9.80. The van der Waals surface area contributed by atoms with Crippen molar-refractivity contribution in [3.8, 4) is 0 Å². The van der Waals surface area contributed by atoms with Gasteiger partial charge in [-0.25, -0.2) is 4.68 Å². The minimum absolute atomic E-state index is 0.130. The molecule has 2 aromatic heterocycles. The number of aliphatic hydroxyl groups excluding tert-OH is 2. The molecule has 0 aliphatic rings. The molecule has 0 fully saturated rings. The van der Waals surface area contributed by atoms with E-state index in [4.69, 9.17) is 5.11 Å². The van der Waals surface area contributed by atoms with Crippen molar-refractivity contribution in [2.24, 2.45) is 0 Å². The Bertz CT molecular complexity index is 413. The number of nitrogens with zero attached hydrogens (tertiary/aromatic N) is 3. The molecule has 5 nitrogen and oxygen atoms in total. The van der Waals surface area contributed by atoms with Gasteiger partial charge in [0.2, 0.25) is 0 Å². The normalized spacial score (nSPS) is 12.9. The van der Waals surface area contributed by atoms with Crippen molar-refractivity contribution < 1.29 is 10.2 Å². The Hall–Kier alpha value is -1.24. The summed E-state index contributed by atoms with van der Waals surface area (Å²) >= 11 is 1.50. The Labute approximate surface area is 90.6 Å². The average molecular weight is 225 g/mol. The molecule has 0 radical (unpaired) electrons. The summed E-state index contributed by atoms with van der Waals surface area (Å²) in [5.41, 5.74) is 0.508. The van der Waals surface area contributed by atoms with E-state index in [0.717, 1.165) is 4.88 Å². The van der Waals surface area contributed by atoms with Gasteiger partial charge in [0.15, 0.2) is 0 Å². The van der Waals surface area contributed by atoms with Crippen molar-refractivity contribution in [3.05, 3.63) is 34.3 Å². The van der Waals surface area contributed by atoms with E-state index in [1.807, 2.05) is 17.5 Å². The quantitative estimate of drug-likeness (QED) is 0.797. The van der Waals surface area contributed by atoms with Crippen LogP contribution in [0, 0.1) is 0 Å². The zero-order valence-corrected chi connectivity index (χ0v) is 8.76. The maximum Gasteiger partial charge on any atom is 0.108 e. The highest BCUT2D eigenvalue weighted by molar-refractivity contribution is 7.10. The van der Waals surface area contributed by atoms with E-state index in [-0.39, 0.29) is 6.61 Å². The first kappa shape index (κ1) is 10.3. The molecule has 6 heteroatoms. The fraction of sp³-hybridized carbons (Fsp3) is 0.333. The Balaban J connectivity index is 2.02. The van der Waals surface area contributed by atoms with Gasteiger partial charge in [-0.1, -0.05) is 11.3 Å². The van der Waals surface area contributed by atoms with E-state index in [0.29, 0.717) is 12.2 Å². The van der Waals surface area contributed by atoms with Crippen LogP contribution >= 0.6 is 11.3 Å². The third kappa shape index (κ3) is 2.41. The van der Waals surface area contributed by atoms with E-state index < -0.39 is 6.10 Å². The molecule has 0 aliphatic carbocycles. The van der Waals surface area contributed by atoms with Crippen molar-refractivity contribution in [2.75, 3.05) is 0 Å². The zero-order chi connectivity index (χ0) is 10.7. The van der Waals surface area contributed by atoms with Gasteiger partial charge in [0.05, 0.1) is 19.3 Å². The molecule has 1 atom stereocenters. The predicted molar refractivity (Wildman–Crippen MR) is 55.2 cm³/mol. The summed E-state index contributed by atoms with van der Waals surface area (Å²) in [5, 5.41) is 28.0. The Morgan fingerprint density at radius 1 is 1.53 bits per heavy atom. The van der Waals surface area contributed by atoms with Crippen LogP contribution in [0.15, 0.2) is 23.7 Å². The third-order valence-corrected chi connectivity index (χ3v) is 2.95. The average Bonchev–Trinajstić information content (AvgIpc) is 2.87. The molecule has 0 aromatic carbocycles. The summed E-state index contributed by atoms with van der Waals surface area (Å²) in [6, 6.07) is 3.77. The van der Waals surface area contributed by atoms with Crippen molar-refractivity contribution in [2.45, 2.75) is 19.3 Å². The minimum Gasteiger partial charge on any atom is -0.390 e. The van der Waals surface area contributed by atoms with E-state index in [1.54, 1.807) is 6.20 Å². The molecule has 2 heterocycles. The second kappa shape index (κ2) is 4.52. The lowest BCUT2D eigenvalue weighted by molar-refractivity contribution is 0.154. The lowest BCUT2D eigenvalue weighted by Crippen LogP contribution is -2.08. The van der Waals surface area contributed by atoms with Crippen molar-refractivity contribution in [3.63, 3.8) is 0 Å². The number of rotatable bonds is 4. The van der Waals surface area contributed by atoms with Gasteiger partial charge in [0, 0.05) is 4.88 Å². The Morgan fingerprint density at radius 3 is 3.00 bits per heavy atom. The van der Waals surface area contributed by atoms with E-state index in [1.165, 1.54) is 16.0 Å². The summed E-state index contributed by atoms with van der Waals surface area (Å²) in [5.74, 6) is 0. The standard InChI is InChI=1S/C9H11N3O2S/c13-6-7-4-12(11-10-7)5-8(14)9-2-1-3-15-9/h1-4,8,13-14H,5-6H2/t8-/m0/s1. The zero-order valence-electron chi connectivity index (χ0n) is 7.95. The molecule has 0 unspecified atom stereocenters. The van der Waals surface area contributed by atoms with Gasteiger partial charge in [-0.2, -0.15) is 0 Å². The monoisotopic (exact) mass is 225 g/mol. The first-order valence-electron chi connectivity index (χ1n) is 4.51. The minimum atomic E-state index is -0.571. The molecule has 0 amide bonds. The van der Waals surface area contributed by atoms with Gasteiger partial charge < -0.3 is 10.2 Å². The van der Waals surface area contributed by atoms with Crippen LogP contribution in [-0.2, 0) is 13.2 Å². The second-order valence-corrected chi connectivity index (χ2v) is 4.10. The lowest BCUT2D eigenvalue weighted by Gasteiger charge is -2.06. The molecular weight excluding hydrogens is 214 g/mol. The molecular formula is C9H11N3O2S. The Kier molecular flexibility index (Phi) is 3.10. The van der Waals surface area contributed by atoms with Crippen LogP contribution in [-0.4, -0.2) is 25.2 Å². The Morgan fingerprint density at radius 2 is 2.40 bits per heavy atom. The van der Waals surface area contributed by atoms with Crippen LogP contribution in [0.4, 0.5) is 0 Å². The maximum atomic E-state index is 9.80. The van der Waals surface area contributed by atoms with Crippen molar-refractivity contribution in [1.29, 1.82) is 0 Å². The van der Waals surface area contributed by atoms with E-state index in [9.17, 15) is 5.11 Å². The smallest absolute Gasteiger partial charge is 0.108 e. The third-order valence-electron chi connectivity index (χ3n) is 1.98. The largest absolute Gasteiger partial charge is 0.390 e. The molecule has 2 rings (SSSR count). The fourth-order valence-corrected chi connectivity index (χ4v) is 1.95. The van der Waals surface area contributed by atoms with Crippen LogP contribution in [0.1, 0.15) is 16.7 Å². The number of aromatic nitrogens is 3. The molecule has 0 saturated heterocycles. The van der Waals surface area contributed by atoms with E-state index in [2.05, 4.69) is 10.3 Å². The molecule has 0 aliphatic heterocycles. The van der Waals surface area contributed by atoms with Gasteiger partial charge in [0.1, 0.15) is 11.8 Å². The van der Waals surface area contributed by atoms with Crippen molar-refractivity contribution in [1.82, 2.24) is 15.0 Å². The van der Waals surface area contributed by atoms with Gasteiger partial charge in [-0.05, 0) is 11.4 Å². The van der Waals surface area contributed by atoms with Crippen LogP contribution in [0.25, 0.3) is 0 Å². The number of thiophene rings is 1. The summed E-state index contributed by atoms with van der Waals surface area (Å²) in [6.07, 6.45) is 1.05. The van der Waals surface area contributed by atoms with Crippen LogP contribution in [0.5, 0.6) is 0 Å². The number of aliphatic hydroxyl groups is 2. The van der Waals surface area contributed by atoms with Crippen LogP contribution < -0.4 is 0 Å². The summed E-state index contributed by atoms with van der Waals surface area (Å²) in [6.45, 7) is 0.225. The van der Waals surface area contributed by atoms with Crippen LogP contribution in [0.3, 0.4) is 0 Å². The highest BCUT2D eigenvalue weighted by Crippen LogP contribution is 2.19. The first-order valence-corrected chi connectivity index (χ1v) is 5.39. The fourth-order valence-electron chi connectivity index (χ4n) is 1.25. The van der Waals surface area contributed by atoms with Crippen molar-refractivity contribution >= 4 is 11.3 Å². The van der Waals surface area contributed by atoms with Gasteiger partial charge in [-0.15, -0.1) is 16.4 Å². The predicted octanol–water partition coefficient (Wildman–Crippen LogP) is 0.565. The van der Waals surface area contributed by atoms with Gasteiger partial charge in [0.25, 0.3) is 0 Å². The molecule has 80 valence electrons. The highest BCUT2D eigenvalue weighted by Gasteiger charge is 2.10. The SMILES string of the molecule is OCc1cn(C[C@H](O)c2cccs2)nn1. The topological polar surface area (TPSA) is 71.2 Å². The first-order chi connectivity index (χ1) is 7.29. The number of hydrogen-bond acceptors (Lipinski definition) is 5. The number of hydrogen-bond donors (Lipinski definition) is 2. The molecule has 2 N–H and O–H groups in total. The highest BCUT2D eigenvalue weighted by atomic mass is 32.1. The molecule has 0 bridgehead atoms. The van der Waals surface area contributed by atoms with Gasteiger partial charge >= 0.3 is 0 Å². The summed E-state index contributed by atoms with van der Waals surface area (Å²) in [4.78, 5) is 0.899. The molecule has 0 spiro atoms. The van der Waals surface area contributed by atoms with Crippen LogP contribution in [0.2, 0.25) is 0 Å². The van der Waals surface area contributed by atoms with E-state index >= 15 is 0 Å².